The molecule has 0 spiro atoms. The largest absolute Gasteiger partial charge is 0.368 e. The van der Waals surface area contributed by atoms with Crippen molar-refractivity contribution >= 4 is 40.9 Å². The highest BCUT2D eigenvalue weighted by molar-refractivity contribution is 6.42. The molecule has 0 radical (unpaired) electrons. The normalized spacial score (nSPS) is 14.3. The van der Waals surface area contributed by atoms with Gasteiger partial charge >= 0.3 is 0 Å². The molecule has 3 amide bonds. The van der Waals surface area contributed by atoms with Crippen molar-refractivity contribution in [2.45, 2.75) is 0 Å². The summed E-state index contributed by atoms with van der Waals surface area (Å²) in [7, 11) is 0. The maximum atomic E-state index is 13.9. The average Bonchev–Trinajstić information content (AvgIpc) is 2.64. The van der Waals surface area contributed by atoms with Gasteiger partial charge in [0.15, 0.2) is 0 Å². The molecule has 1 fully saturated rings. The summed E-state index contributed by atoms with van der Waals surface area (Å²) >= 11 is 12.0. The predicted molar refractivity (Wildman–Crippen MR) is 104 cm³/mol. The van der Waals surface area contributed by atoms with E-state index in [1.165, 1.54) is 28.0 Å². The van der Waals surface area contributed by atoms with E-state index >= 15 is 0 Å². The van der Waals surface area contributed by atoms with Crippen LogP contribution < -0.4 is 5.73 Å². The second kappa shape index (κ2) is 8.16. The SMILES string of the molecule is NC(=O)CN1CCN(C(=O)c2ccc(F)cc2-c2ccc(Cl)c(Cl)c2)CC1=O. The van der Waals surface area contributed by atoms with Crippen molar-refractivity contribution in [1.29, 1.82) is 0 Å². The predicted octanol–water partition coefficient (Wildman–Crippen LogP) is 2.57. The molecule has 1 saturated heterocycles. The number of carbonyl (C=O) groups is 3. The van der Waals surface area contributed by atoms with Crippen LogP contribution in [-0.4, -0.2) is 53.7 Å². The van der Waals surface area contributed by atoms with E-state index in [1.807, 2.05) is 0 Å². The van der Waals surface area contributed by atoms with Crippen LogP contribution in [0.3, 0.4) is 0 Å². The number of piperazine rings is 1. The molecule has 1 aliphatic rings. The van der Waals surface area contributed by atoms with Crippen molar-refractivity contribution in [2.75, 3.05) is 26.2 Å². The van der Waals surface area contributed by atoms with Crippen LogP contribution in [0.1, 0.15) is 10.4 Å². The summed E-state index contributed by atoms with van der Waals surface area (Å²) in [6.45, 7) is 0.0447. The van der Waals surface area contributed by atoms with Gasteiger partial charge < -0.3 is 15.5 Å². The summed E-state index contributed by atoms with van der Waals surface area (Å²) in [5.41, 5.74) is 6.22. The minimum absolute atomic E-state index is 0.189. The van der Waals surface area contributed by atoms with Crippen molar-refractivity contribution in [3.63, 3.8) is 0 Å². The molecule has 3 rings (SSSR count). The number of hydrogen-bond acceptors (Lipinski definition) is 3. The third-order valence-corrected chi connectivity index (χ3v) is 5.13. The summed E-state index contributed by atoms with van der Waals surface area (Å²) in [6, 6.07) is 8.53. The Bertz CT molecular complexity index is 967. The molecule has 0 atom stereocenters. The van der Waals surface area contributed by atoms with Crippen molar-refractivity contribution in [2.24, 2.45) is 5.73 Å². The molecule has 0 bridgehead atoms. The Hall–Kier alpha value is -2.64. The van der Waals surface area contributed by atoms with E-state index in [-0.39, 0.29) is 42.7 Å². The third kappa shape index (κ3) is 4.26. The molecular weight excluding hydrogens is 408 g/mol. The Morgan fingerprint density at radius 3 is 2.46 bits per heavy atom. The van der Waals surface area contributed by atoms with E-state index < -0.39 is 17.6 Å². The Labute approximate surface area is 170 Å². The van der Waals surface area contributed by atoms with E-state index in [2.05, 4.69) is 0 Å². The summed E-state index contributed by atoms with van der Waals surface area (Å²) in [6.07, 6.45) is 0. The lowest BCUT2D eigenvalue weighted by Gasteiger charge is -2.34. The fourth-order valence-corrected chi connectivity index (χ4v) is 3.31. The Morgan fingerprint density at radius 1 is 1.07 bits per heavy atom. The van der Waals surface area contributed by atoms with Crippen LogP contribution in [0.2, 0.25) is 10.0 Å². The van der Waals surface area contributed by atoms with Gasteiger partial charge in [-0.25, -0.2) is 4.39 Å². The number of nitrogens with two attached hydrogens (primary N) is 1. The van der Waals surface area contributed by atoms with E-state index in [0.29, 0.717) is 16.1 Å². The number of carbonyl (C=O) groups excluding carboxylic acids is 3. The van der Waals surface area contributed by atoms with Crippen molar-refractivity contribution < 1.29 is 18.8 Å². The first-order valence-corrected chi connectivity index (χ1v) is 9.12. The van der Waals surface area contributed by atoms with Crippen LogP contribution in [0.25, 0.3) is 11.1 Å². The highest BCUT2D eigenvalue weighted by atomic mass is 35.5. The number of rotatable bonds is 4. The van der Waals surface area contributed by atoms with E-state index in [1.54, 1.807) is 18.2 Å². The lowest BCUT2D eigenvalue weighted by Crippen LogP contribution is -2.54. The van der Waals surface area contributed by atoms with Crippen molar-refractivity contribution in [3.8, 4) is 11.1 Å². The molecular formula is C19H16Cl2FN3O3. The van der Waals surface area contributed by atoms with Crippen LogP contribution in [0.15, 0.2) is 36.4 Å². The first-order valence-electron chi connectivity index (χ1n) is 8.36. The van der Waals surface area contributed by atoms with Gasteiger partial charge in [0.1, 0.15) is 12.4 Å². The topological polar surface area (TPSA) is 83.7 Å². The highest BCUT2D eigenvalue weighted by Crippen LogP contribution is 2.31. The molecule has 146 valence electrons. The van der Waals surface area contributed by atoms with Crippen LogP contribution in [0.5, 0.6) is 0 Å². The van der Waals surface area contributed by atoms with Gasteiger partial charge in [-0.2, -0.15) is 0 Å². The minimum Gasteiger partial charge on any atom is -0.368 e. The molecule has 1 heterocycles. The number of hydrogen-bond donors (Lipinski definition) is 1. The first kappa shape index (κ1) is 20.1. The van der Waals surface area contributed by atoms with Crippen LogP contribution in [-0.2, 0) is 9.59 Å². The first-order chi connectivity index (χ1) is 13.3. The van der Waals surface area contributed by atoms with E-state index in [0.717, 1.165) is 0 Å². The quantitative estimate of drug-likeness (QED) is 0.819. The molecule has 0 aromatic heterocycles. The average molecular weight is 424 g/mol. The lowest BCUT2D eigenvalue weighted by atomic mass is 9.98. The molecule has 2 aromatic rings. The van der Waals surface area contributed by atoms with Crippen LogP contribution >= 0.6 is 23.2 Å². The van der Waals surface area contributed by atoms with Gasteiger partial charge in [-0.05, 0) is 41.5 Å². The van der Waals surface area contributed by atoms with Gasteiger partial charge in [0, 0.05) is 18.7 Å². The molecule has 28 heavy (non-hydrogen) atoms. The minimum atomic E-state index is -0.617. The maximum absolute atomic E-state index is 13.9. The maximum Gasteiger partial charge on any atom is 0.255 e. The highest BCUT2D eigenvalue weighted by Gasteiger charge is 2.29. The second-order valence-corrected chi connectivity index (χ2v) is 7.14. The lowest BCUT2D eigenvalue weighted by molar-refractivity contribution is -0.138. The fraction of sp³-hybridized carbons (Fsp3) is 0.211. The third-order valence-electron chi connectivity index (χ3n) is 4.40. The zero-order valence-electron chi connectivity index (χ0n) is 14.6. The molecule has 6 nitrogen and oxygen atoms in total. The van der Waals surface area contributed by atoms with Gasteiger partial charge in [-0.3, -0.25) is 14.4 Å². The Morgan fingerprint density at radius 2 is 1.82 bits per heavy atom. The molecule has 1 aliphatic heterocycles. The molecule has 9 heteroatoms. The fourth-order valence-electron chi connectivity index (χ4n) is 3.01. The van der Waals surface area contributed by atoms with E-state index in [9.17, 15) is 18.8 Å². The number of primary amides is 1. The van der Waals surface area contributed by atoms with Gasteiger partial charge in [0.05, 0.1) is 16.6 Å². The molecule has 0 saturated carbocycles. The number of nitrogens with zero attached hydrogens (tertiary/aromatic N) is 2. The van der Waals surface area contributed by atoms with Gasteiger partial charge in [0.2, 0.25) is 11.8 Å². The zero-order chi connectivity index (χ0) is 20.4. The number of benzene rings is 2. The number of amides is 3. The molecule has 2 N–H and O–H groups in total. The van der Waals surface area contributed by atoms with E-state index in [4.69, 9.17) is 28.9 Å². The zero-order valence-corrected chi connectivity index (χ0v) is 16.1. The number of halogens is 3. The van der Waals surface area contributed by atoms with Gasteiger partial charge in [-0.1, -0.05) is 29.3 Å². The smallest absolute Gasteiger partial charge is 0.255 e. The Balaban J connectivity index is 1.89. The molecule has 0 unspecified atom stereocenters. The second-order valence-electron chi connectivity index (χ2n) is 6.33. The molecule has 2 aromatic carbocycles. The summed E-state index contributed by atoms with van der Waals surface area (Å²) in [4.78, 5) is 38.9. The standard InChI is InChI=1S/C19H16Cl2FN3O3/c20-15-4-1-11(7-16(15)21)14-8-12(22)2-3-13(14)19(28)25-6-5-24(9-17(23)26)18(27)10-25/h1-4,7-8H,5-6,9-10H2,(H2,23,26). The van der Waals surface area contributed by atoms with Crippen LogP contribution in [0.4, 0.5) is 4.39 Å². The Kier molecular flexibility index (Phi) is 5.86. The summed E-state index contributed by atoms with van der Waals surface area (Å²) in [5.74, 6) is -1.93. The van der Waals surface area contributed by atoms with Crippen molar-refractivity contribution in [1.82, 2.24) is 9.80 Å². The molecule has 0 aliphatic carbocycles. The summed E-state index contributed by atoms with van der Waals surface area (Å²) in [5, 5.41) is 0.614. The summed E-state index contributed by atoms with van der Waals surface area (Å²) < 4.78 is 13.9. The van der Waals surface area contributed by atoms with Crippen molar-refractivity contribution in [3.05, 3.63) is 57.8 Å². The van der Waals surface area contributed by atoms with Gasteiger partial charge in [-0.15, -0.1) is 0 Å². The van der Waals surface area contributed by atoms with Gasteiger partial charge in [0.25, 0.3) is 5.91 Å². The van der Waals surface area contributed by atoms with Crippen LogP contribution in [0, 0.1) is 5.82 Å². The monoisotopic (exact) mass is 423 g/mol.